The molecule has 2 aromatic carbocycles. The van der Waals surface area contributed by atoms with Gasteiger partial charge in [-0.1, -0.05) is 50.6 Å². The van der Waals surface area contributed by atoms with E-state index in [1.54, 1.807) is 36.4 Å². The Morgan fingerprint density at radius 3 is 2.45 bits per heavy atom. The average molecular weight is 451 g/mol. The van der Waals surface area contributed by atoms with Gasteiger partial charge in [-0.2, -0.15) is 0 Å². The van der Waals surface area contributed by atoms with Crippen molar-refractivity contribution >= 4 is 17.8 Å². The third kappa shape index (κ3) is 6.19. The Kier molecular flexibility index (Phi) is 7.80. The van der Waals surface area contributed by atoms with Gasteiger partial charge in [-0.3, -0.25) is 14.4 Å². The Balaban J connectivity index is 1.80. The highest BCUT2D eigenvalue weighted by molar-refractivity contribution is 5.97. The van der Waals surface area contributed by atoms with Gasteiger partial charge in [0.25, 0.3) is 11.8 Å². The number of rotatable bonds is 10. The number of hydrogen-bond donors (Lipinski definition) is 3. The number of carbonyl (C=O) groups excluding carboxylic acids is 2. The molecule has 9 heteroatoms. The summed E-state index contributed by atoms with van der Waals surface area (Å²) in [6.07, 6.45) is 1.84. The Hall–Kier alpha value is -4.14. The SMILES string of the molecule is CC[C@H](C)[C@H](NC(=O)c1ccccc1Oc1ccccc1)c1nc(C(=O)NCC(=O)O)co1. The quantitative estimate of drug-likeness (QED) is 0.427. The molecule has 1 aromatic heterocycles. The molecule has 0 saturated carbocycles. The maximum absolute atomic E-state index is 13.2. The van der Waals surface area contributed by atoms with Crippen LogP contribution in [0.3, 0.4) is 0 Å². The number of hydrogen-bond acceptors (Lipinski definition) is 6. The fraction of sp³-hybridized carbons (Fsp3) is 0.250. The van der Waals surface area contributed by atoms with Crippen molar-refractivity contribution in [2.45, 2.75) is 26.3 Å². The summed E-state index contributed by atoms with van der Waals surface area (Å²) in [4.78, 5) is 40.1. The number of carboxylic acid groups (broad SMARTS) is 1. The van der Waals surface area contributed by atoms with Gasteiger partial charge in [-0.15, -0.1) is 0 Å². The van der Waals surface area contributed by atoms with Gasteiger partial charge in [0.15, 0.2) is 5.69 Å². The van der Waals surface area contributed by atoms with Gasteiger partial charge in [-0.25, -0.2) is 4.98 Å². The monoisotopic (exact) mass is 451 g/mol. The lowest BCUT2D eigenvalue weighted by molar-refractivity contribution is -0.135. The summed E-state index contributed by atoms with van der Waals surface area (Å²) in [6, 6.07) is 15.4. The number of para-hydroxylation sites is 2. The second-order valence-electron chi connectivity index (χ2n) is 7.40. The molecule has 3 aromatic rings. The molecule has 0 fully saturated rings. The number of carboxylic acids is 1. The minimum absolute atomic E-state index is 0.0651. The number of aliphatic carboxylic acids is 1. The maximum Gasteiger partial charge on any atom is 0.322 e. The van der Waals surface area contributed by atoms with Crippen molar-refractivity contribution < 1.29 is 28.6 Å². The first kappa shape index (κ1) is 23.5. The van der Waals surface area contributed by atoms with Gasteiger partial charge in [0.1, 0.15) is 30.3 Å². The van der Waals surface area contributed by atoms with E-state index in [2.05, 4.69) is 15.6 Å². The van der Waals surface area contributed by atoms with Crippen LogP contribution < -0.4 is 15.4 Å². The van der Waals surface area contributed by atoms with Crippen LogP contribution in [-0.2, 0) is 4.79 Å². The first-order chi connectivity index (χ1) is 15.9. The van der Waals surface area contributed by atoms with Crippen molar-refractivity contribution in [2.75, 3.05) is 6.54 Å². The number of amides is 2. The van der Waals surface area contributed by atoms with E-state index < -0.39 is 24.5 Å². The molecule has 1 heterocycles. The molecule has 2 atom stereocenters. The Bertz CT molecular complexity index is 1110. The van der Waals surface area contributed by atoms with Crippen LogP contribution in [0.15, 0.2) is 65.3 Å². The van der Waals surface area contributed by atoms with Crippen LogP contribution in [0, 0.1) is 5.92 Å². The van der Waals surface area contributed by atoms with Crippen LogP contribution in [0.25, 0.3) is 0 Å². The van der Waals surface area contributed by atoms with E-state index in [0.29, 0.717) is 23.5 Å². The number of aromatic nitrogens is 1. The van der Waals surface area contributed by atoms with E-state index in [4.69, 9.17) is 14.3 Å². The van der Waals surface area contributed by atoms with E-state index in [1.165, 1.54) is 0 Å². The predicted octanol–water partition coefficient (Wildman–Crippen LogP) is 3.80. The molecular weight excluding hydrogens is 426 g/mol. The zero-order valence-corrected chi connectivity index (χ0v) is 18.3. The number of ether oxygens (including phenoxy) is 1. The molecule has 3 N–H and O–H groups in total. The van der Waals surface area contributed by atoms with Gasteiger partial charge in [-0.05, 0) is 30.2 Å². The standard InChI is InChI=1S/C24H25N3O6/c1-3-15(2)21(24-26-18(14-32-24)23(31)25-13-20(28)29)27-22(30)17-11-7-8-12-19(17)33-16-9-5-4-6-10-16/h4-12,14-15,21H,3,13H2,1-2H3,(H,25,31)(H,27,30)(H,28,29)/t15-,21-/m0/s1. The summed E-state index contributed by atoms with van der Waals surface area (Å²) in [7, 11) is 0. The molecule has 9 nitrogen and oxygen atoms in total. The zero-order chi connectivity index (χ0) is 23.8. The van der Waals surface area contributed by atoms with E-state index in [-0.39, 0.29) is 23.4 Å². The number of carbonyl (C=O) groups is 3. The number of nitrogens with zero attached hydrogens (tertiary/aromatic N) is 1. The molecule has 3 rings (SSSR count). The van der Waals surface area contributed by atoms with Crippen molar-refractivity contribution in [3.8, 4) is 11.5 Å². The molecule has 33 heavy (non-hydrogen) atoms. The molecule has 0 aliphatic rings. The average Bonchev–Trinajstić information content (AvgIpc) is 3.31. The van der Waals surface area contributed by atoms with Gasteiger partial charge < -0.3 is 24.9 Å². The molecule has 0 bridgehead atoms. The molecular formula is C24H25N3O6. The van der Waals surface area contributed by atoms with Crippen molar-refractivity contribution in [3.63, 3.8) is 0 Å². The van der Waals surface area contributed by atoms with Crippen LogP contribution in [0.2, 0.25) is 0 Å². The smallest absolute Gasteiger partial charge is 0.322 e. The van der Waals surface area contributed by atoms with Gasteiger partial charge in [0, 0.05) is 0 Å². The lowest BCUT2D eigenvalue weighted by atomic mass is 9.98. The second kappa shape index (κ2) is 10.9. The first-order valence-corrected chi connectivity index (χ1v) is 10.5. The van der Waals surface area contributed by atoms with Crippen molar-refractivity contribution in [3.05, 3.63) is 78.0 Å². The van der Waals surface area contributed by atoms with Crippen LogP contribution >= 0.6 is 0 Å². The topological polar surface area (TPSA) is 131 Å². The minimum atomic E-state index is -1.17. The van der Waals surface area contributed by atoms with E-state index in [1.807, 2.05) is 32.0 Å². The molecule has 0 spiro atoms. The molecule has 0 aliphatic carbocycles. The third-order valence-corrected chi connectivity index (χ3v) is 5.02. The first-order valence-electron chi connectivity index (χ1n) is 10.5. The minimum Gasteiger partial charge on any atom is -0.480 e. The zero-order valence-electron chi connectivity index (χ0n) is 18.3. The normalized spacial score (nSPS) is 12.4. The lowest BCUT2D eigenvalue weighted by Gasteiger charge is -2.22. The molecule has 0 aliphatic heterocycles. The van der Waals surface area contributed by atoms with Crippen LogP contribution in [-0.4, -0.2) is 34.4 Å². The third-order valence-electron chi connectivity index (χ3n) is 5.02. The van der Waals surface area contributed by atoms with Gasteiger partial charge >= 0.3 is 5.97 Å². The summed E-state index contributed by atoms with van der Waals surface area (Å²) < 4.78 is 11.4. The number of nitrogens with one attached hydrogen (secondary N) is 2. The highest BCUT2D eigenvalue weighted by atomic mass is 16.5. The second-order valence-corrected chi connectivity index (χ2v) is 7.40. The van der Waals surface area contributed by atoms with E-state index in [9.17, 15) is 14.4 Å². The van der Waals surface area contributed by atoms with E-state index >= 15 is 0 Å². The summed E-state index contributed by atoms with van der Waals surface area (Å²) in [6.45, 7) is 3.34. The van der Waals surface area contributed by atoms with Gasteiger partial charge in [0.2, 0.25) is 5.89 Å². The highest BCUT2D eigenvalue weighted by Gasteiger charge is 2.28. The molecule has 172 valence electrons. The van der Waals surface area contributed by atoms with Crippen molar-refractivity contribution in [1.82, 2.24) is 15.6 Å². The summed E-state index contributed by atoms with van der Waals surface area (Å²) in [5.74, 6) is -1.16. The fourth-order valence-electron chi connectivity index (χ4n) is 3.04. The number of oxazole rings is 1. The van der Waals surface area contributed by atoms with Crippen molar-refractivity contribution in [1.29, 1.82) is 0 Å². The van der Waals surface area contributed by atoms with Gasteiger partial charge in [0.05, 0.1) is 5.56 Å². The summed E-state index contributed by atoms with van der Waals surface area (Å²) in [5, 5.41) is 13.9. The Morgan fingerprint density at radius 2 is 1.76 bits per heavy atom. The summed E-state index contributed by atoms with van der Waals surface area (Å²) in [5.41, 5.74) is 0.266. The van der Waals surface area contributed by atoms with Crippen molar-refractivity contribution in [2.24, 2.45) is 5.92 Å². The van der Waals surface area contributed by atoms with Crippen LogP contribution in [0.4, 0.5) is 0 Å². The molecule has 0 saturated heterocycles. The molecule has 0 radical (unpaired) electrons. The summed E-state index contributed by atoms with van der Waals surface area (Å²) >= 11 is 0. The predicted molar refractivity (Wildman–Crippen MR) is 119 cm³/mol. The Labute approximate surface area is 190 Å². The van der Waals surface area contributed by atoms with Crippen LogP contribution in [0.5, 0.6) is 11.5 Å². The van der Waals surface area contributed by atoms with Crippen LogP contribution in [0.1, 0.15) is 53.0 Å². The maximum atomic E-state index is 13.2. The molecule has 0 unspecified atom stereocenters. The Morgan fingerprint density at radius 1 is 1.06 bits per heavy atom. The number of benzene rings is 2. The molecule has 2 amide bonds. The fourth-order valence-corrected chi connectivity index (χ4v) is 3.04. The lowest BCUT2D eigenvalue weighted by Crippen LogP contribution is -2.33. The highest BCUT2D eigenvalue weighted by Crippen LogP contribution is 2.28. The largest absolute Gasteiger partial charge is 0.480 e. The van der Waals surface area contributed by atoms with E-state index in [0.717, 1.165) is 6.26 Å².